The number of ketones is 1. The van der Waals surface area contributed by atoms with E-state index in [0.29, 0.717) is 16.9 Å². The van der Waals surface area contributed by atoms with Crippen molar-refractivity contribution >= 4 is 40.6 Å². The van der Waals surface area contributed by atoms with Crippen LogP contribution in [0, 0.1) is 5.82 Å². The number of anilines is 2. The largest absolute Gasteiger partial charge is 0.323 e. The van der Waals surface area contributed by atoms with Crippen molar-refractivity contribution in [3.05, 3.63) is 70.5 Å². The standard InChI is InChI=1S/C19H16ClFN2O3/c1-11(19(26)23-15-7-8-17(21)16(20)10-15)9-18(25)22-14-5-3-13(4-6-14)12(2)24/h3-10H,1-2H3,(H,22,25)(H,23,26)/b11-9-. The molecule has 7 heteroatoms. The highest BCUT2D eigenvalue weighted by Gasteiger charge is 2.09. The molecule has 0 atom stereocenters. The van der Waals surface area contributed by atoms with Crippen molar-refractivity contribution in [1.82, 2.24) is 0 Å². The van der Waals surface area contributed by atoms with Crippen LogP contribution in [0.3, 0.4) is 0 Å². The Morgan fingerprint density at radius 1 is 0.962 bits per heavy atom. The molecule has 0 bridgehead atoms. The Balaban J connectivity index is 2.00. The molecule has 0 heterocycles. The molecule has 2 N–H and O–H groups in total. The second kappa shape index (κ2) is 8.40. The summed E-state index contributed by atoms with van der Waals surface area (Å²) in [6, 6.07) is 10.2. The molecular formula is C19H16ClFN2O3. The number of halogens is 2. The van der Waals surface area contributed by atoms with Crippen molar-refractivity contribution < 1.29 is 18.8 Å². The predicted octanol–water partition coefficient (Wildman–Crippen LogP) is 4.21. The van der Waals surface area contributed by atoms with Gasteiger partial charge in [0.1, 0.15) is 5.82 Å². The highest BCUT2D eigenvalue weighted by atomic mass is 35.5. The van der Waals surface area contributed by atoms with Gasteiger partial charge in [0.05, 0.1) is 5.02 Å². The Labute approximate surface area is 154 Å². The van der Waals surface area contributed by atoms with Crippen LogP contribution in [0.25, 0.3) is 0 Å². The quantitative estimate of drug-likeness (QED) is 0.608. The molecule has 0 saturated carbocycles. The maximum atomic E-state index is 13.1. The van der Waals surface area contributed by atoms with E-state index in [2.05, 4.69) is 10.6 Å². The molecule has 2 aromatic carbocycles. The van der Waals surface area contributed by atoms with E-state index in [1.54, 1.807) is 24.3 Å². The fourth-order valence-corrected chi connectivity index (χ4v) is 2.21. The topological polar surface area (TPSA) is 75.3 Å². The van der Waals surface area contributed by atoms with E-state index >= 15 is 0 Å². The van der Waals surface area contributed by atoms with E-state index in [9.17, 15) is 18.8 Å². The van der Waals surface area contributed by atoms with Crippen LogP contribution in [-0.4, -0.2) is 17.6 Å². The summed E-state index contributed by atoms with van der Waals surface area (Å²) in [6.45, 7) is 2.92. The SMILES string of the molecule is CC(=O)c1ccc(NC(=O)/C=C(/C)C(=O)Nc2ccc(F)c(Cl)c2)cc1. The lowest BCUT2D eigenvalue weighted by Crippen LogP contribution is -2.16. The van der Waals surface area contributed by atoms with Gasteiger partial charge in [-0.2, -0.15) is 0 Å². The molecule has 0 unspecified atom stereocenters. The maximum absolute atomic E-state index is 13.1. The number of carbonyl (C=O) groups is 3. The van der Waals surface area contributed by atoms with Gasteiger partial charge in [-0.1, -0.05) is 11.6 Å². The molecule has 0 radical (unpaired) electrons. The van der Waals surface area contributed by atoms with E-state index in [1.807, 2.05) is 0 Å². The van der Waals surface area contributed by atoms with Crippen LogP contribution in [0.4, 0.5) is 15.8 Å². The number of nitrogens with one attached hydrogen (secondary N) is 2. The van der Waals surface area contributed by atoms with Gasteiger partial charge < -0.3 is 10.6 Å². The van der Waals surface area contributed by atoms with Crippen LogP contribution in [0.5, 0.6) is 0 Å². The first-order valence-electron chi connectivity index (χ1n) is 7.63. The fourth-order valence-electron chi connectivity index (χ4n) is 2.03. The Morgan fingerprint density at radius 3 is 2.15 bits per heavy atom. The Hall–Kier alpha value is -2.99. The summed E-state index contributed by atoms with van der Waals surface area (Å²) in [4.78, 5) is 35.3. The summed E-state index contributed by atoms with van der Waals surface area (Å²) in [7, 11) is 0. The van der Waals surface area contributed by atoms with Crippen molar-refractivity contribution in [2.75, 3.05) is 10.6 Å². The minimum absolute atomic E-state index is 0.0730. The van der Waals surface area contributed by atoms with Crippen LogP contribution in [0.15, 0.2) is 54.1 Å². The van der Waals surface area contributed by atoms with Gasteiger partial charge >= 0.3 is 0 Å². The van der Waals surface area contributed by atoms with Gasteiger partial charge in [0.15, 0.2) is 5.78 Å². The zero-order valence-corrected chi connectivity index (χ0v) is 14.9. The number of carbonyl (C=O) groups excluding carboxylic acids is 3. The minimum atomic E-state index is -0.591. The predicted molar refractivity (Wildman–Crippen MR) is 98.9 cm³/mol. The normalized spacial score (nSPS) is 11.0. The molecule has 0 saturated heterocycles. The smallest absolute Gasteiger partial charge is 0.251 e. The van der Waals surface area contributed by atoms with Crippen molar-refractivity contribution in [2.24, 2.45) is 0 Å². The van der Waals surface area contributed by atoms with Gasteiger partial charge in [-0.05, 0) is 56.3 Å². The Morgan fingerprint density at radius 2 is 1.58 bits per heavy atom. The fraction of sp³-hybridized carbons (Fsp3) is 0.105. The monoisotopic (exact) mass is 374 g/mol. The van der Waals surface area contributed by atoms with Crippen LogP contribution >= 0.6 is 11.6 Å². The van der Waals surface area contributed by atoms with E-state index in [4.69, 9.17) is 11.6 Å². The first kappa shape index (κ1) is 19.3. The van der Waals surface area contributed by atoms with Gasteiger partial charge in [-0.25, -0.2) is 4.39 Å². The summed E-state index contributed by atoms with van der Waals surface area (Å²) in [6.07, 6.45) is 1.14. The highest BCUT2D eigenvalue weighted by Crippen LogP contribution is 2.19. The zero-order chi connectivity index (χ0) is 19.3. The summed E-state index contributed by atoms with van der Waals surface area (Å²) >= 11 is 5.66. The lowest BCUT2D eigenvalue weighted by molar-refractivity contribution is -0.114. The zero-order valence-electron chi connectivity index (χ0n) is 14.1. The van der Waals surface area contributed by atoms with E-state index in [0.717, 1.165) is 12.1 Å². The molecular weight excluding hydrogens is 359 g/mol. The van der Waals surface area contributed by atoms with Crippen molar-refractivity contribution in [1.29, 1.82) is 0 Å². The number of rotatable bonds is 5. The number of benzene rings is 2. The van der Waals surface area contributed by atoms with E-state index in [-0.39, 0.29) is 16.4 Å². The third-order valence-corrected chi connectivity index (χ3v) is 3.73. The first-order chi connectivity index (χ1) is 12.3. The molecule has 2 aromatic rings. The van der Waals surface area contributed by atoms with Gasteiger partial charge in [0, 0.05) is 28.6 Å². The van der Waals surface area contributed by atoms with E-state index < -0.39 is 17.6 Å². The van der Waals surface area contributed by atoms with Crippen molar-refractivity contribution in [2.45, 2.75) is 13.8 Å². The Bertz CT molecular complexity index is 892. The third-order valence-electron chi connectivity index (χ3n) is 3.44. The molecule has 2 rings (SSSR count). The summed E-state index contributed by atoms with van der Waals surface area (Å²) in [5.74, 6) is -1.68. The van der Waals surface area contributed by atoms with Crippen LogP contribution in [-0.2, 0) is 9.59 Å². The first-order valence-corrected chi connectivity index (χ1v) is 8.01. The number of amides is 2. The molecule has 0 aliphatic heterocycles. The molecule has 0 aromatic heterocycles. The van der Waals surface area contributed by atoms with Gasteiger partial charge in [-0.3, -0.25) is 14.4 Å². The number of hydrogen-bond donors (Lipinski definition) is 2. The van der Waals surface area contributed by atoms with Gasteiger partial charge in [-0.15, -0.1) is 0 Å². The average molecular weight is 375 g/mol. The van der Waals surface area contributed by atoms with Crippen molar-refractivity contribution in [3.63, 3.8) is 0 Å². The van der Waals surface area contributed by atoms with E-state index in [1.165, 1.54) is 26.0 Å². The molecule has 0 aliphatic rings. The van der Waals surface area contributed by atoms with Crippen LogP contribution in [0.2, 0.25) is 5.02 Å². The van der Waals surface area contributed by atoms with Crippen molar-refractivity contribution in [3.8, 4) is 0 Å². The van der Waals surface area contributed by atoms with Crippen LogP contribution in [0.1, 0.15) is 24.2 Å². The molecule has 26 heavy (non-hydrogen) atoms. The van der Waals surface area contributed by atoms with Crippen LogP contribution < -0.4 is 10.6 Å². The summed E-state index contributed by atoms with van der Waals surface area (Å²) in [5, 5.41) is 5.01. The molecule has 2 amide bonds. The summed E-state index contributed by atoms with van der Waals surface area (Å²) < 4.78 is 13.1. The number of Topliss-reactive ketones (excluding diaryl/α,β-unsaturated/α-hetero) is 1. The average Bonchev–Trinajstić information content (AvgIpc) is 2.58. The molecule has 0 spiro atoms. The van der Waals surface area contributed by atoms with Gasteiger partial charge in [0.25, 0.3) is 5.91 Å². The second-order valence-corrected chi connectivity index (χ2v) is 5.94. The molecule has 134 valence electrons. The summed E-state index contributed by atoms with van der Waals surface area (Å²) in [5.41, 5.74) is 1.50. The highest BCUT2D eigenvalue weighted by molar-refractivity contribution is 6.31. The third kappa shape index (κ3) is 5.26. The Kier molecular flexibility index (Phi) is 6.25. The maximum Gasteiger partial charge on any atom is 0.251 e. The molecule has 0 aliphatic carbocycles. The molecule has 5 nitrogen and oxygen atoms in total. The lowest BCUT2D eigenvalue weighted by atomic mass is 10.1. The molecule has 0 fully saturated rings. The second-order valence-electron chi connectivity index (χ2n) is 5.53. The minimum Gasteiger partial charge on any atom is -0.323 e. The van der Waals surface area contributed by atoms with Gasteiger partial charge in [0.2, 0.25) is 5.91 Å². The lowest BCUT2D eigenvalue weighted by Gasteiger charge is -2.07. The number of hydrogen-bond acceptors (Lipinski definition) is 3.